The Morgan fingerprint density at radius 1 is 1.13 bits per heavy atom. The molecule has 2 aromatic carbocycles. The Labute approximate surface area is 138 Å². The van der Waals surface area contributed by atoms with Gasteiger partial charge in [-0.05, 0) is 41.8 Å². The van der Waals surface area contributed by atoms with Crippen molar-refractivity contribution in [2.75, 3.05) is 5.73 Å². The van der Waals surface area contributed by atoms with Crippen LogP contribution in [0.4, 0.5) is 5.95 Å². The number of aryl methyl sites for hydroxylation is 1. The second-order valence-electron chi connectivity index (χ2n) is 5.47. The number of carbonyl (C=O) groups excluding carboxylic acids is 1. The molecule has 6 heteroatoms. The number of hydrogen-bond acceptors (Lipinski definition) is 3. The number of nitrogens with two attached hydrogens (primary N) is 2. The van der Waals surface area contributed by atoms with Crippen molar-refractivity contribution in [2.24, 2.45) is 5.73 Å². The molecule has 0 aliphatic carbocycles. The second kappa shape index (κ2) is 6.30. The van der Waals surface area contributed by atoms with Crippen LogP contribution >= 0.6 is 11.6 Å². The van der Waals surface area contributed by atoms with Gasteiger partial charge in [-0.2, -0.15) is 0 Å². The van der Waals surface area contributed by atoms with Crippen LogP contribution in [0, 0.1) is 0 Å². The van der Waals surface area contributed by atoms with Crippen LogP contribution in [0.1, 0.15) is 17.5 Å². The molecule has 3 aromatic rings. The third-order valence-corrected chi connectivity index (χ3v) is 4.01. The molecule has 1 amide bonds. The van der Waals surface area contributed by atoms with Gasteiger partial charge in [0.05, 0.1) is 17.6 Å². The molecule has 0 radical (unpaired) electrons. The molecule has 0 saturated carbocycles. The van der Waals surface area contributed by atoms with Crippen LogP contribution in [0.5, 0.6) is 0 Å². The van der Waals surface area contributed by atoms with Crippen LogP contribution in [0.3, 0.4) is 0 Å². The number of fused-ring (bicyclic) bond motifs is 1. The lowest BCUT2D eigenvalue weighted by atomic mass is 10.1. The maximum absolute atomic E-state index is 10.9. The van der Waals surface area contributed by atoms with Crippen LogP contribution in [0.2, 0.25) is 5.02 Å². The minimum absolute atomic E-state index is 0.308. The first-order chi connectivity index (χ1) is 11.0. The van der Waals surface area contributed by atoms with E-state index in [2.05, 4.69) is 4.98 Å². The van der Waals surface area contributed by atoms with E-state index in [-0.39, 0.29) is 5.91 Å². The number of halogens is 1. The molecule has 23 heavy (non-hydrogen) atoms. The summed E-state index contributed by atoms with van der Waals surface area (Å²) in [6.07, 6.45) is 0.932. The molecule has 0 aliphatic heterocycles. The third kappa shape index (κ3) is 3.46. The number of aromatic nitrogens is 2. The van der Waals surface area contributed by atoms with Gasteiger partial charge in [-0.3, -0.25) is 4.79 Å². The molecule has 0 bridgehead atoms. The van der Waals surface area contributed by atoms with E-state index in [1.807, 2.05) is 47.0 Å². The number of nitrogen functional groups attached to an aromatic ring is 1. The number of rotatable bonds is 5. The minimum atomic E-state index is -0.308. The normalized spacial score (nSPS) is 11.0. The van der Waals surface area contributed by atoms with E-state index in [1.54, 1.807) is 0 Å². The number of amides is 1. The molecule has 5 nitrogen and oxygen atoms in total. The Morgan fingerprint density at radius 2 is 1.83 bits per heavy atom. The summed E-state index contributed by atoms with van der Waals surface area (Å²) in [5.41, 5.74) is 15.1. The average Bonchev–Trinajstić information content (AvgIpc) is 2.82. The van der Waals surface area contributed by atoms with Crippen molar-refractivity contribution in [3.8, 4) is 0 Å². The zero-order chi connectivity index (χ0) is 16.4. The fraction of sp³-hybridized carbons (Fsp3) is 0.176. The summed E-state index contributed by atoms with van der Waals surface area (Å²) in [7, 11) is 0. The van der Waals surface area contributed by atoms with Crippen molar-refractivity contribution in [3.05, 3.63) is 58.6 Å². The predicted octanol–water partition coefficient (Wildman–Crippen LogP) is 2.74. The van der Waals surface area contributed by atoms with Gasteiger partial charge in [-0.25, -0.2) is 4.98 Å². The number of benzene rings is 2. The van der Waals surface area contributed by atoms with Crippen LogP contribution in [0.25, 0.3) is 11.0 Å². The fourth-order valence-electron chi connectivity index (χ4n) is 2.56. The molecular weight excluding hydrogens is 312 g/mol. The molecule has 0 saturated heterocycles. The predicted molar refractivity (Wildman–Crippen MR) is 92.2 cm³/mol. The number of anilines is 1. The number of imidazole rings is 1. The molecule has 3 rings (SSSR count). The number of primary amides is 1. The quantitative estimate of drug-likeness (QED) is 0.755. The number of hydrogen-bond donors (Lipinski definition) is 2. The Kier molecular flexibility index (Phi) is 4.21. The van der Waals surface area contributed by atoms with Gasteiger partial charge in [-0.15, -0.1) is 0 Å². The first kappa shape index (κ1) is 15.4. The molecular formula is C17H17ClN4O. The van der Waals surface area contributed by atoms with E-state index in [4.69, 9.17) is 23.1 Å². The van der Waals surface area contributed by atoms with Crippen molar-refractivity contribution in [3.63, 3.8) is 0 Å². The van der Waals surface area contributed by atoms with Gasteiger partial charge < -0.3 is 16.0 Å². The summed E-state index contributed by atoms with van der Waals surface area (Å²) >= 11 is 5.91. The zero-order valence-corrected chi connectivity index (χ0v) is 13.3. The van der Waals surface area contributed by atoms with E-state index in [0.29, 0.717) is 30.4 Å². The summed E-state index contributed by atoms with van der Waals surface area (Å²) in [6, 6.07) is 13.6. The largest absolute Gasteiger partial charge is 0.370 e. The van der Waals surface area contributed by atoms with Crippen LogP contribution in [0.15, 0.2) is 42.5 Å². The van der Waals surface area contributed by atoms with E-state index >= 15 is 0 Å². The van der Waals surface area contributed by atoms with E-state index < -0.39 is 0 Å². The van der Waals surface area contributed by atoms with Gasteiger partial charge in [0.2, 0.25) is 11.9 Å². The Balaban J connectivity index is 1.90. The lowest BCUT2D eigenvalue weighted by Gasteiger charge is -2.07. The van der Waals surface area contributed by atoms with Crippen LogP contribution < -0.4 is 11.5 Å². The van der Waals surface area contributed by atoms with Gasteiger partial charge in [0.15, 0.2) is 0 Å². The molecule has 1 heterocycles. The Hall–Kier alpha value is -2.53. The highest BCUT2D eigenvalue weighted by atomic mass is 35.5. The smallest absolute Gasteiger partial charge is 0.217 e. The standard InChI is InChI=1S/C17H17ClN4O/c18-13-5-1-12(2-6-13)10-22-15-7-3-11(4-8-16(19)23)9-14(15)21-17(22)20/h1-3,5-7,9H,4,8,10H2,(H2,19,23)(H2,20,21). The molecule has 0 aliphatic rings. The summed E-state index contributed by atoms with van der Waals surface area (Å²) in [5, 5.41) is 0.705. The molecule has 0 unspecified atom stereocenters. The SMILES string of the molecule is NC(=O)CCc1ccc2c(c1)nc(N)n2Cc1ccc(Cl)cc1. The van der Waals surface area contributed by atoms with Gasteiger partial charge >= 0.3 is 0 Å². The number of carbonyl (C=O) groups is 1. The van der Waals surface area contributed by atoms with Crippen LogP contribution in [-0.4, -0.2) is 15.5 Å². The zero-order valence-electron chi connectivity index (χ0n) is 12.5. The summed E-state index contributed by atoms with van der Waals surface area (Å²) in [6.45, 7) is 0.625. The van der Waals surface area contributed by atoms with Crippen molar-refractivity contribution in [1.29, 1.82) is 0 Å². The van der Waals surface area contributed by atoms with Crippen molar-refractivity contribution in [2.45, 2.75) is 19.4 Å². The van der Waals surface area contributed by atoms with Crippen LogP contribution in [-0.2, 0) is 17.8 Å². The lowest BCUT2D eigenvalue weighted by molar-refractivity contribution is -0.117. The second-order valence-corrected chi connectivity index (χ2v) is 5.91. The van der Waals surface area contributed by atoms with Crippen molar-refractivity contribution < 1.29 is 4.79 Å². The highest BCUT2D eigenvalue weighted by Gasteiger charge is 2.10. The molecule has 0 spiro atoms. The van der Waals surface area contributed by atoms with E-state index in [1.165, 1.54) is 0 Å². The van der Waals surface area contributed by atoms with Gasteiger partial charge in [0, 0.05) is 11.4 Å². The van der Waals surface area contributed by atoms with Gasteiger partial charge in [-0.1, -0.05) is 29.8 Å². The number of nitrogens with zero attached hydrogens (tertiary/aromatic N) is 2. The Morgan fingerprint density at radius 3 is 2.52 bits per heavy atom. The summed E-state index contributed by atoms with van der Waals surface area (Å²) < 4.78 is 1.95. The Bertz CT molecular complexity index is 855. The lowest BCUT2D eigenvalue weighted by Crippen LogP contribution is -2.11. The minimum Gasteiger partial charge on any atom is -0.370 e. The maximum atomic E-state index is 10.9. The molecule has 118 valence electrons. The highest BCUT2D eigenvalue weighted by molar-refractivity contribution is 6.30. The highest BCUT2D eigenvalue weighted by Crippen LogP contribution is 2.22. The molecule has 0 fully saturated rings. The average molecular weight is 329 g/mol. The van der Waals surface area contributed by atoms with Crippen molar-refractivity contribution >= 4 is 34.5 Å². The van der Waals surface area contributed by atoms with E-state index in [9.17, 15) is 4.79 Å². The first-order valence-electron chi connectivity index (χ1n) is 7.30. The van der Waals surface area contributed by atoms with Crippen molar-refractivity contribution in [1.82, 2.24) is 9.55 Å². The molecule has 0 atom stereocenters. The maximum Gasteiger partial charge on any atom is 0.217 e. The summed E-state index contributed by atoms with van der Waals surface area (Å²) in [5.74, 6) is 0.153. The molecule has 4 N–H and O–H groups in total. The first-order valence-corrected chi connectivity index (χ1v) is 7.68. The third-order valence-electron chi connectivity index (χ3n) is 3.76. The molecule has 1 aromatic heterocycles. The van der Waals surface area contributed by atoms with E-state index in [0.717, 1.165) is 22.2 Å². The fourth-order valence-corrected chi connectivity index (χ4v) is 2.68. The van der Waals surface area contributed by atoms with Gasteiger partial charge in [0.25, 0.3) is 0 Å². The monoisotopic (exact) mass is 328 g/mol. The van der Waals surface area contributed by atoms with Gasteiger partial charge in [0.1, 0.15) is 0 Å². The summed E-state index contributed by atoms with van der Waals surface area (Å²) in [4.78, 5) is 15.3. The topological polar surface area (TPSA) is 86.9 Å².